The summed E-state index contributed by atoms with van der Waals surface area (Å²) >= 11 is 0. The van der Waals surface area contributed by atoms with Crippen LogP contribution in [0.15, 0.2) is 30.3 Å². The van der Waals surface area contributed by atoms with E-state index in [1.807, 2.05) is 0 Å². The van der Waals surface area contributed by atoms with Crippen molar-refractivity contribution in [2.45, 2.75) is 12.5 Å². The molecule has 1 atom stereocenters. The molecule has 0 saturated carbocycles. The number of methoxy groups -OCH3 is 1. The molecule has 2 rings (SSSR count). The monoisotopic (exact) mass is 348 g/mol. The number of hydrogen-bond donors (Lipinski definition) is 5. The fraction of sp³-hybridized carbons (Fsp3) is 0.176. The number of phenolic OH excluding ortho intramolecular Hbond substituents is 4. The van der Waals surface area contributed by atoms with Crippen LogP contribution in [0.3, 0.4) is 0 Å². The Morgan fingerprint density at radius 1 is 0.960 bits per heavy atom. The van der Waals surface area contributed by atoms with Crippen molar-refractivity contribution in [3.8, 4) is 23.0 Å². The molecule has 0 heterocycles. The number of esters is 1. The van der Waals surface area contributed by atoms with Crippen molar-refractivity contribution in [1.29, 1.82) is 0 Å². The summed E-state index contributed by atoms with van der Waals surface area (Å²) in [7, 11) is 1.09. The largest absolute Gasteiger partial charge is 0.504 e. The van der Waals surface area contributed by atoms with Gasteiger partial charge in [-0.2, -0.15) is 0 Å². The quantitative estimate of drug-likeness (QED) is 0.303. The van der Waals surface area contributed by atoms with E-state index in [2.05, 4.69) is 4.74 Å². The van der Waals surface area contributed by atoms with E-state index in [1.54, 1.807) is 0 Å². The van der Waals surface area contributed by atoms with Gasteiger partial charge in [-0.05, 0) is 35.9 Å². The third kappa shape index (κ3) is 3.81. The maximum atomic E-state index is 12.6. The zero-order valence-corrected chi connectivity index (χ0v) is 13.1. The van der Waals surface area contributed by atoms with Crippen molar-refractivity contribution in [2.24, 2.45) is 0 Å². The molecule has 0 aliphatic carbocycles. The van der Waals surface area contributed by atoms with E-state index >= 15 is 0 Å². The van der Waals surface area contributed by atoms with E-state index < -0.39 is 40.9 Å². The van der Waals surface area contributed by atoms with Crippen molar-refractivity contribution < 1.29 is 39.9 Å². The van der Waals surface area contributed by atoms with Crippen LogP contribution in [0.5, 0.6) is 23.0 Å². The fourth-order valence-corrected chi connectivity index (χ4v) is 2.25. The summed E-state index contributed by atoms with van der Waals surface area (Å²) in [5.74, 6) is -3.60. The van der Waals surface area contributed by atoms with Crippen molar-refractivity contribution in [3.05, 3.63) is 47.0 Å². The molecule has 8 heteroatoms. The average Bonchev–Trinajstić information content (AvgIpc) is 2.58. The molecule has 0 aromatic heterocycles. The minimum Gasteiger partial charge on any atom is -0.504 e. The number of carbonyl (C=O) groups excluding carboxylic acids is 2. The Kier molecular flexibility index (Phi) is 5.14. The Balaban J connectivity index is 2.47. The van der Waals surface area contributed by atoms with Gasteiger partial charge in [-0.3, -0.25) is 4.79 Å². The third-order valence-electron chi connectivity index (χ3n) is 3.57. The van der Waals surface area contributed by atoms with E-state index in [1.165, 1.54) is 6.07 Å². The topological polar surface area (TPSA) is 145 Å². The number of benzene rings is 2. The van der Waals surface area contributed by atoms with Gasteiger partial charge in [0.25, 0.3) is 0 Å². The summed E-state index contributed by atoms with van der Waals surface area (Å²) in [5, 5.41) is 47.9. The first kappa shape index (κ1) is 18.1. The molecule has 0 unspecified atom stereocenters. The number of carbonyl (C=O) groups is 2. The molecular weight excluding hydrogens is 332 g/mol. The molecule has 0 saturated heterocycles. The van der Waals surface area contributed by atoms with Gasteiger partial charge in [0.1, 0.15) is 0 Å². The number of ether oxygens (including phenoxy) is 1. The van der Waals surface area contributed by atoms with Crippen molar-refractivity contribution in [1.82, 2.24) is 0 Å². The first-order valence-corrected chi connectivity index (χ1v) is 7.12. The normalized spacial score (nSPS) is 11.8. The van der Waals surface area contributed by atoms with Gasteiger partial charge in [0.2, 0.25) is 0 Å². The van der Waals surface area contributed by atoms with Gasteiger partial charge in [0.05, 0.1) is 7.11 Å². The van der Waals surface area contributed by atoms with Crippen LogP contribution < -0.4 is 0 Å². The Morgan fingerprint density at radius 2 is 1.56 bits per heavy atom. The second-order valence-corrected chi connectivity index (χ2v) is 5.27. The van der Waals surface area contributed by atoms with Crippen LogP contribution in [0.25, 0.3) is 0 Å². The minimum atomic E-state index is -1.58. The van der Waals surface area contributed by atoms with Crippen LogP contribution in [0.2, 0.25) is 0 Å². The van der Waals surface area contributed by atoms with Gasteiger partial charge in [0, 0.05) is 17.5 Å². The van der Waals surface area contributed by atoms with Crippen LogP contribution in [-0.4, -0.2) is 50.5 Å². The zero-order valence-electron chi connectivity index (χ0n) is 13.1. The lowest BCUT2D eigenvalue weighted by Crippen LogP contribution is -2.25. The van der Waals surface area contributed by atoms with Crippen LogP contribution in [0.1, 0.15) is 21.5 Å². The standard InChI is InChI=1S/C17H16O8/c1-25-17(24)15(22)6-9-5-13(20)14(21)7-10(9)16(23)8-2-3-11(18)12(19)4-8/h2-5,7,15,18-22H,6H2,1H3/t15-/m1/s1. The number of aliphatic hydroxyl groups is 1. The molecule has 0 bridgehead atoms. The molecule has 2 aromatic rings. The van der Waals surface area contributed by atoms with Crippen LogP contribution >= 0.6 is 0 Å². The molecule has 0 spiro atoms. The van der Waals surface area contributed by atoms with E-state index in [0.717, 1.165) is 31.4 Å². The highest BCUT2D eigenvalue weighted by Crippen LogP contribution is 2.32. The number of phenols is 4. The lowest BCUT2D eigenvalue weighted by atomic mass is 9.94. The highest BCUT2D eigenvalue weighted by molar-refractivity contribution is 6.10. The molecule has 0 amide bonds. The van der Waals surface area contributed by atoms with E-state index in [0.29, 0.717) is 0 Å². The molecule has 0 fully saturated rings. The summed E-state index contributed by atoms with van der Waals surface area (Å²) in [6.45, 7) is 0. The molecule has 8 nitrogen and oxygen atoms in total. The van der Waals surface area contributed by atoms with E-state index in [-0.39, 0.29) is 23.1 Å². The number of rotatable bonds is 5. The van der Waals surface area contributed by atoms with Crippen LogP contribution in [-0.2, 0) is 16.0 Å². The lowest BCUT2D eigenvalue weighted by molar-refractivity contribution is -0.150. The van der Waals surface area contributed by atoms with Gasteiger partial charge < -0.3 is 30.3 Å². The fourth-order valence-electron chi connectivity index (χ4n) is 2.25. The summed E-state index contributed by atoms with van der Waals surface area (Å²) in [4.78, 5) is 24.0. The Bertz CT molecular complexity index is 828. The number of ketones is 1. The number of hydrogen-bond acceptors (Lipinski definition) is 8. The molecule has 0 aliphatic rings. The summed E-state index contributed by atoms with van der Waals surface area (Å²) in [5.41, 5.74) is -0.0108. The van der Waals surface area contributed by atoms with Crippen molar-refractivity contribution in [3.63, 3.8) is 0 Å². The Hall–Kier alpha value is -3.26. The summed E-state index contributed by atoms with van der Waals surface area (Å²) < 4.78 is 4.41. The smallest absolute Gasteiger partial charge is 0.335 e. The second kappa shape index (κ2) is 7.10. The second-order valence-electron chi connectivity index (χ2n) is 5.27. The zero-order chi connectivity index (χ0) is 18.7. The summed E-state index contributed by atoms with van der Waals surface area (Å²) in [6.07, 6.45) is -1.92. The maximum Gasteiger partial charge on any atom is 0.335 e. The average molecular weight is 348 g/mol. The molecule has 0 radical (unpaired) electrons. The van der Waals surface area contributed by atoms with Crippen LogP contribution in [0, 0.1) is 0 Å². The Morgan fingerprint density at radius 3 is 2.16 bits per heavy atom. The van der Waals surface area contributed by atoms with Gasteiger partial charge in [0.15, 0.2) is 34.9 Å². The summed E-state index contributed by atoms with van der Waals surface area (Å²) in [6, 6.07) is 5.44. The third-order valence-corrected chi connectivity index (χ3v) is 3.57. The van der Waals surface area contributed by atoms with Gasteiger partial charge in [-0.25, -0.2) is 4.79 Å². The number of aromatic hydroxyl groups is 4. The predicted octanol–water partition coefficient (Wildman–Crippen LogP) is 0.816. The molecular formula is C17H16O8. The number of aliphatic hydroxyl groups excluding tert-OH is 1. The molecule has 2 aromatic carbocycles. The lowest BCUT2D eigenvalue weighted by Gasteiger charge is -2.14. The van der Waals surface area contributed by atoms with Gasteiger partial charge >= 0.3 is 5.97 Å². The molecule has 0 aliphatic heterocycles. The minimum absolute atomic E-state index is 0.00537. The van der Waals surface area contributed by atoms with Crippen molar-refractivity contribution >= 4 is 11.8 Å². The maximum absolute atomic E-state index is 12.6. The first-order valence-electron chi connectivity index (χ1n) is 7.12. The van der Waals surface area contributed by atoms with Crippen molar-refractivity contribution in [2.75, 3.05) is 7.11 Å². The van der Waals surface area contributed by atoms with Crippen LogP contribution in [0.4, 0.5) is 0 Å². The molecule has 132 valence electrons. The van der Waals surface area contributed by atoms with Gasteiger partial charge in [-0.15, -0.1) is 0 Å². The molecule has 25 heavy (non-hydrogen) atoms. The highest BCUT2D eigenvalue weighted by Gasteiger charge is 2.23. The highest BCUT2D eigenvalue weighted by atomic mass is 16.5. The van der Waals surface area contributed by atoms with E-state index in [4.69, 9.17) is 0 Å². The predicted molar refractivity (Wildman–Crippen MR) is 84.7 cm³/mol. The van der Waals surface area contributed by atoms with Gasteiger partial charge in [-0.1, -0.05) is 0 Å². The van der Waals surface area contributed by atoms with E-state index in [9.17, 15) is 35.1 Å². The molecule has 5 N–H and O–H groups in total. The first-order chi connectivity index (χ1) is 11.7. The Labute approximate surface area is 142 Å². The SMILES string of the molecule is COC(=O)[C@H](O)Cc1cc(O)c(O)cc1C(=O)c1ccc(O)c(O)c1.